The molecule has 15 heavy (non-hydrogen) atoms. The number of hydrogen-bond acceptors (Lipinski definition) is 4. The summed E-state index contributed by atoms with van der Waals surface area (Å²) in [5, 5.41) is 11.0. The van der Waals surface area contributed by atoms with Crippen LogP contribution in [0.15, 0.2) is 24.7 Å². The van der Waals surface area contributed by atoms with E-state index in [0.29, 0.717) is 0 Å². The molecule has 2 rings (SSSR count). The number of aryl methyl sites for hydroxylation is 1. The minimum Gasteiger partial charge on any atom is -0.368 e. The molecule has 0 amide bonds. The molecule has 78 valence electrons. The Balaban J connectivity index is 1.83. The van der Waals surface area contributed by atoms with Crippen molar-refractivity contribution < 1.29 is 0 Å². The maximum absolute atomic E-state index is 4.13. The number of hydrogen-bond donors (Lipinski definition) is 2. The first-order chi connectivity index (χ1) is 7.34. The Morgan fingerprint density at radius 1 is 1.47 bits per heavy atom. The summed E-state index contributed by atoms with van der Waals surface area (Å²) in [6.07, 6.45) is 6.16. The zero-order chi connectivity index (χ0) is 10.5. The Morgan fingerprint density at radius 2 is 2.40 bits per heavy atom. The lowest BCUT2D eigenvalue weighted by Crippen LogP contribution is -2.07. The van der Waals surface area contributed by atoms with Gasteiger partial charge in [0.25, 0.3) is 0 Å². The molecule has 0 aliphatic carbocycles. The van der Waals surface area contributed by atoms with E-state index in [0.717, 1.165) is 30.2 Å². The molecule has 0 radical (unpaired) electrons. The van der Waals surface area contributed by atoms with Crippen LogP contribution in [0.5, 0.6) is 0 Å². The van der Waals surface area contributed by atoms with Crippen molar-refractivity contribution in [2.24, 2.45) is 0 Å². The smallest absolute Gasteiger partial charge is 0.148 e. The van der Waals surface area contributed by atoms with Gasteiger partial charge in [-0.1, -0.05) is 0 Å². The molecule has 2 N–H and O–H groups in total. The van der Waals surface area contributed by atoms with Crippen LogP contribution in [0.4, 0.5) is 5.82 Å². The van der Waals surface area contributed by atoms with Gasteiger partial charge in [0.2, 0.25) is 0 Å². The van der Waals surface area contributed by atoms with Crippen LogP contribution in [0.2, 0.25) is 0 Å². The monoisotopic (exact) mass is 203 g/mol. The summed E-state index contributed by atoms with van der Waals surface area (Å²) in [6, 6.07) is 1.97. The molecule has 2 heterocycles. The summed E-state index contributed by atoms with van der Waals surface area (Å²) in [5.41, 5.74) is 1.10. The Bertz CT molecular complexity index is 410. The van der Waals surface area contributed by atoms with Crippen molar-refractivity contribution in [2.75, 3.05) is 11.9 Å². The fourth-order valence-electron chi connectivity index (χ4n) is 1.29. The van der Waals surface area contributed by atoms with Gasteiger partial charge < -0.3 is 10.3 Å². The maximum Gasteiger partial charge on any atom is 0.148 e. The third-order valence-corrected chi connectivity index (χ3v) is 2.01. The molecule has 2 aromatic heterocycles. The zero-order valence-corrected chi connectivity index (χ0v) is 8.57. The summed E-state index contributed by atoms with van der Waals surface area (Å²) in [7, 11) is 0. The van der Waals surface area contributed by atoms with Crippen molar-refractivity contribution >= 4 is 5.82 Å². The van der Waals surface area contributed by atoms with Crippen molar-refractivity contribution in [3.63, 3.8) is 0 Å². The van der Waals surface area contributed by atoms with E-state index in [-0.39, 0.29) is 0 Å². The molecule has 0 fully saturated rings. The van der Waals surface area contributed by atoms with Gasteiger partial charge in [0.15, 0.2) is 0 Å². The first-order valence-electron chi connectivity index (χ1n) is 4.86. The van der Waals surface area contributed by atoms with Crippen molar-refractivity contribution in [1.82, 2.24) is 20.2 Å². The highest BCUT2D eigenvalue weighted by atomic mass is 15.2. The van der Waals surface area contributed by atoms with Gasteiger partial charge in [-0.05, 0) is 18.6 Å². The second-order valence-electron chi connectivity index (χ2n) is 3.33. The van der Waals surface area contributed by atoms with Crippen molar-refractivity contribution in [3.05, 3.63) is 36.0 Å². The molecular formula is C10H13N5. The predicted octanol–water partition coefficient (Wildman–Crippen LogP) is 1.16. The quantitative estimate of drug-likeness (QED) is 0.782. The first-order valence-corrected chi connectivity index (χ1v) is 4.86. The van der Waals surface area contributed by atoms with Gasteiger partial charge in [-0.3, -0.25) is 0 Å². The molecule has 0 saturated heterocycles. The summed E-state index contributed by atoms with van der Waals surface area (Å²) >= 11 is 0. The number of aromatic nitrogens is 4. The number of nitrogens with one attached hydrogen (secondary N) is 2. The number of aromatic amines is 1. The van der Waals surface area contributed by atoms with Gasteiger partial charge in [-0.15, -0.1) is 5.10 Å². The Hall–Kier alpha value is -1.91. The van der Waals surface area contributed by atoms with E-state index in [1.165, 1.54) is 0 Å². The van der Waals surface area contributed by atoms with Crippen molar-refractivity contribution in [3.8, 4) is 0 Å². The van der Waals surface area contributed by atoms with Gasteiger partial charge in [0, 0.05) is 25.4 Å². The lowest BCUT2D eigenvalue weighted by Gasteiger charge is -2.03. The topological polar surface area (TPSA) is 66.5 Å². The summed E-state index contributed by atoms with van der Waals surface area (Å²) in [6.45, 7) is 2.79. The van der Waals surface area contributed by atoms with Gasteiger partial charge in [-0.2, -0.15) is 5.10 Å². The van der Waals surface area contributed by atoms with Crippen LogP contribution in [-0.4, -0.2) is 26.7 Å². The minimum atomic E-state index is 0.797. The lowest BCUT2D eigenvalue weighted by molar-refractivity contribution is 0.908. The summed E-state index contributed by atoms with van der Waals surface area (Å²) < 4.78 is 0. The van der Waals surface area contributed by atoms with Crippen molar-refractivity contribution in [1.29, 1.82) is 0 Å². The van der Waals surface area contributed by atoms with E-state index in [2.05, 4.69) is 25.5 Å². The minimum absolute atomic E-state index is 0.797. The van der Waals surface area contributed by atoms with Crippen LogP contribution in [0.25, 0.3) is 0 Å². The Labute approximate surface area is 88.0 Å². The number of anilines is 1. The second-order valence-corrected chi connectivity index (χ2v) is 3.33. The molecule has 0 bridgehead atoms. The highest BCUT2D eigenvalue weighted by Gasteiger charge is 1.96. The average molecular weight is 203 g/mol. The molecule has 0 unspecified atom stereocenters. The predicted molar refractivity (Wildman–Crippen MR) is 57.6 cm³/mol. The summed E-state index contributed by atoms with van der Waals surface area (Å²) in [5.74, 6) is 1.78. The van der Waals surface area contributed by atoms with Gasteiger partial charge in [0.1, 0.15) is 11.6 Å². The number of imidazole rings is 1. The normalized spacial score (nSPS) is 10.2. The van der Waals surface area contributed by atoms with Crippen molar-refractivity contribution in [2.45, 2.75) is 13.3 Å². The molecule has 5 nitrogen and oxygen atoms in total. The number of nitrogens with zero attached hydrogens (tertiary/aromatic N) is 3. The van der Waals surface area contributed by atoms with Crippen LogP contribution in [0.1, 0.15) is 11.4 Å². The van der Waals surface area contributed by atoms with Crippen LogP contribution in [-0.2, 0) is 6.42 Å². The average Bonchev–Trinajstić information content (AvgIpc) is 2.71. The number of H-pyrrole nitrogens is 1. The molecule has 5 heteroatoms. The Kier molecular flexibility index (Phi) is 2.92. The molecular weight excluding hydrogens is 190 g/mol. The third kappa shape index (κ3) is 2.77. The number of rotatable bonds is 4. The molecule has 0 aliphatic rings. The fraction of sp³-hybridized carbons (Fsp3) is 0.300. The highest BCUT2D eigenvalue weighted by Crippen LogP contribution is 2.03. The zero-order valence-electron chi connectivity index (χ0n) is 8.57. The van der Waals surface area contributed by atoms with Crippen LogP contribution in [0.3, 0.4) is 0 Å². The van der Waals surface area contributed by atoms with E-state index in [4.69, 9.17) is 0 Å². The summed E-state index contributed by atoms with van der Waals surface area (Å²) in [4.78, 5) is 7.18. The van der Waals surface area contributed by atoms with E-state index >= 15 is 0 Å². The second kappa shape index (κ2) is 4.54. The molecule has 0 aliphatic heterocycles. The first kappa shape index (κ1) is 9.64. The van der Waals surface area contributed by atoms with E-state index in [1.54, 1.807) is 12.4 Å². The van der Waals surface area contributed by atoms with Gasteiger partial charge >= 0.3 is 0 Å². The van der Waals surface area contributed by atoms with Crippen LogP contribution >= 0.6 is 0 Å². The largest absolute Gasteiger partial charge is 0.368 e. The van der Waals surface area contributed by atoms with Crippen LogP contribution < -0.4 is 5.32 Å². The lowest BCUT2D eigenvalue weighted by atomic mass is 10.3. The standard InChI is InChI=1S/C10H13N5/c1-8-6-10(15-14-7-8)11-3-2-9-12-4-5-13-9/h4-7H,2-3H2,1H3,(H,11,15)(H,12,13). The fourth-order valence-corrected chi connectivity index (χ4v) is 1.29. The molecule has 0 spiro atoms. The van der Waals surface area contributed by atoms with E-state index in [1.807, 2.05) is 19.2 Å². The molecule has 0 saturated carbocycles. The van der Waals surface area contributed by atoms with E-state index in [9.17, 15) is 0 Å². The molecule has 2 aromatic rings. The molecule has 0 aromatic carbocycles. The molecule has 0 atom stereocenters. The van der Waals surface area contributed by atoms with Gasteiger partial charge in [-0.25, -0.2) is 4.98 Å². The Morgan fingerprint density at radius 3 is 3.13 bits per heavy atom. The van der Waals surface area contributed by atoms with Gasteiger partial charge in [0.05, 0.1) is 6.20 Å². The highest BCUT2D eigenvalue weighted by molar-refractivity contribution is 5.34. The van der Waals surface area contributed by atoms with Crippen LogP contribution in [0, 0.1) is 6.92 Å². The SMILES string of the molecule is Cc1cnnc(NCCc2ncc[nH]2)c1. The third-order valence-electron chi connectivity index (χ3n) is 2.01. The maximum atomic E-state index is 4.13. The van der Waals surface area contributed by atoms with E-state index < -0.39 is 0 Å².